The fourth-order valence-electron chi connectivity index (χ4n) is 2.01. The van der Waals surface area contributed by atoms with Crippen LogP contribution in [0.3, 0.4) is 0 Å². The molecule has 0 aliphatic rings. The number of aryl methyl sites for hydroxylation is 1. The van der Waals surface area contributed by atoms with Crippen molar-refractivity contribution in [1.29, 1.82) is 0 Å². The molecule has 0 aliphatic carbocycles. The van der Waals surface area contributed by atoms with Crippen molar-refractivity contribution in [1.82, 2.24) is 0 Å². The first-order valence-corrected chi connectivity index (χ1v) is 8.04. The molecule has 0 fully saturated rings. The van der Waals surface area contributed by atoms with Gasteiger partial charge in [0.05, 0.1) is 0 Å². The molecule has 0 radical (unpaired) electrons. The van der Waals surface area contributed by atoms with Gasteiger partial charge in [-0.25, -0.2) is 0 Å². The molecule has 4 heteroatoms. The minimum Gasteiger partial charge on any atom is -0.322 e. The number of benzene rings is 2. The molecule has 2 aromatic rings. The van der Waals surface area contributed by atoms with Crippen LogP contribution in [0.25, 0.3) is 0 Å². The molecule has 1 amide bonds. The number of hydrogen-bond acceptors (Lipinski definition) is 1. The standard InChI is InChI=1S/C16H15Br2NO/c1-2-5-11-6-3-4-7-15(11)19-16(20)12-8-13(17)10-14(18)9-12/h3-4,6-10H,2,5H2,1H3,(H,19,20). The molecule has 0 unspecified atom stereocenters. The van der Waals surface area contributed by atoms with Crippen molar-refractivity contribution >= 4 is 43.5 Å². The summed E-state index contributed by atoms with van der Waals surface area (Å²) in [6.07, 6.45) is 2.01. The normalized spacial score (nSPS) is 10.3. The molecule has 0 bridgehead atoms. The summed E-state index contributed by atoms with van der Waals surface area (Å²) in [5, 5.41) is 2.99. The van der Waals surface area contributed by atoms with E-state index in [9.17, 15) is 4.79 Å². The Balaban J connectivity index is 2.23. The van der Waals surface area contributed by atoms with Gasteiger partial charge in [-0.2, -0.15) is 0 Å². The maximum Gasteiger partial charge on any atom is 0.255 e. The third-order valence-corrected chi connectivity index (χ3v) is 3.83. The van der Waals surface area contributed by atoms with Crippen LogP contribution < -0.4 is 5.32 Å². The van der Waals surface area contributed by atoms with Crippen molar-refractivity contribution < 1.29 is 4.79 Å². The lowest BCUT2D eigenvalue weighted by Crippen LogP contribution is -2.13. The van der Waals surface area contributed by atoms with E-state index in [0.717, 1.165) is 33.0 Å². The molecule has 20 heavy (non-hydrogen) atoms. The van der Waals surface area contributed by atoms with Gasteiger partial charge in [-0.1, -0.05) is 63.4 Å². The summed E-state index contributed by atoms with van der Waals surface area (Å²) < 4.78 is 1.75. The molecule has 2 rings (SSSR count). The smallest absolute Gasteiger partial charge is 0.255 e. The van der Waals surface area contributed by atoms with Crippen molar-refractivity contribution in [2.75, 3.05) is 5.32 Å². The molecular formula is C16H15Br2NO. The Bertz CT molecular complexity index is 605. The van der Waals surface area contributed by atoms with Crippen LogP contribution in [0.2, 0.25) is 0 Å². The maximum absolute atomic E-state index is 12.3. The molecule has 0 aromatic heterocycles. The predicted molar refractivity (Wildman–Crippen MR) is 90.2 cm³/mol. The van der Waals surface area contributed by atoms with Crippen LogP contribution >= 0.6 is 31.9 Å². The van der Waals surface area contributed by atoms with E-state index in [1.54, 1.807) is 0 Å². The summed E-state index contributed by atoms with van der Waals surface area (Å²) in [6.45, 7) is 2.13. The molecule has 0 atom stereocenters. The second kappa shape index (κ2) is 7.04. The van der Waals surface area contributed by atoms with Crippen molar-refractivity contribution in [3.05, 3.63) is 62.5 Å². The van der Waals surface area contributed by atoms with E-state index in [-0.39, 0.29) is 5.91 Å². The highest BCUT2D eigenvalue weighted by atomic mass is 79.9. The van der Waals surface area contributed by atoms with E-state index in [1.807, 2.05) is 36.4 Å². The summed E-state index contributed by atoms with van der Waals surface area (Å²) in [4.78, 5) is 12.3. The Morgan fingerprint density at radius 1 is 1.10 bits per heavy atom. The second-order valence-corrected chi connectivity index (χ2v) is 6.35. The average Bonchev–Trinajstić information content (AvgIpc) is 2.40. The number of hydrogen-bond donors (Lipinski definition) is 1. The van der Waals surface area contributed by atoms with Crippen molar-refractivity contribution in [3.63, 3.8) is 0 Å². The fourth-order valence-corrected chi connectivity index (χ4v) is 3.30. The number of carbonyl (C=O) groups is 1. The van der Waals surface area contributed by atoms with Crippen molar-refractivity contribution in [2.24, 2.45) is 0 Å². The molecule has 0 saturated carbocycles. The van der Waals surface area contributed by atoms with Gasteiger partial charge in [-0.15, -0.1) is 0 Å². The summed E-state index contributed by atoms with van der Waals surface area (Å²) in [5.41, 5.74) is 2.67. The highest BCUT2D eigenvalue weighted by molar-refractivity contribution is 9.11. The van der Waals surface area contributed by atoms with Gasteiger partial charge in [0, 0.05) is 20.2 Å². The van der Waals surface area contributed by atoms with E-state index in [1.165, 1.54) is 0 Å². The Morgan fingerprint density at radius 3 is 2.40 bits per heavy atom. The van der Waals surface area contributed by atoms with Gasteiger partial charge in [0.2, 0.25) is 0 Å². The maximum atomic E-state index is 12.3. The minimum absolute atomic E-state index is 0.101. The van der Waals surface area contributed by atoms with E-state index in [2.05, 4.69) is 50.2 Å². The molecule has 104 valence electrons. The van der Waals surface area contributed by atoms with E-state index in [0.29, 0.717) is 5.56 Å². The fraction of sp³-hybridized carbons (Fsp3) is 0.188. The van der Waals surface area contributed by atoms with Gasteiger partial charge in [0.1, 0.15) is 0 Å². The number of rotatable bonds is 4. The summed E-state index contributed by atoms with van der Waals surface area (Å²) >= 11 is 6.79. The van der Waals surface area contributed by atoms with E-state index >= 15 is 0 Å². The van der Waals surface area contributed by atoms with Gasteiger partial charge >= 0.3 is 0 Å². The zero-order valence-electron chi connectivity index (χ0n) is 11.1. The number of halogens is 2. The van der Waals surface area contributed by atoms with Gasteiger partial charge in [0.15, 0.2) is 0 Å². The molecule has 0 aliphatic heterocycles. The van der Waals surface area contributed by atoms with Crippen LogP contribution in [0, 0.1) is 0 Å². The molecule has 0 heterocycles. The Labute approximate surface area is 135 Å². The average molecular weight is 397 g/mol. The van der Waals surface area contributed by atoms with Crippen molar-refractivity contribution in [2.45, 2.75) is 19.8 Å². The molecule has 2 nitrogen and oxygen atoms in total. The lowest BCUT2D eigenvalue weighted by molar-refractivity contribution is 0.102. The van der Waals surface area contributed by atoms with Gasteiger partial charge in [0.25, 0.3) is 5.91 Å². The monoisotopic (exact) mass is 395 g/mol. The largest absolute Gasteiger partial charge is 0.322 e. The quantitative estimate of drug-likeness (QED) is 0.734. The predicted octanol–water partition coefficient (Wildman–Crippen LogP) is 5.42. The SMILES string of the molecule is CCCc1ccccc1NC(=O)c1cc(Br)cc(Br)c1. The third kappa shape index (κ3) is 3.93. The Hall–Kier alpha value is -1.13. The van der Waals surface area contributed by atoms with Crippen LogP contribution in [-0.4, -0.2) is 5.91 Å². The first kappa shape index (κ1) is 15.3. The molecule has 0 saturated heterocycles. The lowest BCUT2D eigenvalue weighted by atomic mass is 10.1. The first-order chi connectivity index (χ1) is 9.60. The van der Waals surface area contributed by atoms with Crippen LogP contribution in [0.1, 0.15) is 29.3 Å². The molecule has 0 spiro atoms. The first-order valence-electron chi connectivity index (χ1n) is 6.45. The van der Waals surface area contributed by atoms with Crippen molar-refractivity contribution in [3.8, 4) is 0 Å². The zero-order valence-corrected chi connectivity index (χ0v) is 14.3. The number of amides is 1. The van der Waals surface area contributed by atoms with Gasteiger partial charge < -0.3 is 5.32 Å². The summed E-state index contributed by atoms with van der Waals surface area (Å²) in [7, 11) is 0. The molecule has 2 aromatic carbocycles. The second-order valence-electron chi connectivity index (χ2n) is 4.52. The number of anilines is 1. The Morgan fingerprint density at radius 2 is 1.75 bits per heavy atom. The topological polar surface area (TPSA) is 29.1 Å². The summed E-state index contributed by atoms with van der Waals surface area (Å²) in [6, 6.07) is 13.4. The highest BCUT2D eigenvalue weighted by Crippen LogP contribution is 2.22. The minimum atomic E-state index is -0.101. The number of para-hydroxylation sites is 1. The zero-order chi connectivity index (χ0) is 14.5. The van der Waals surface area contributed by atoms with Crippen LogP contribution in [0.4, 0.5) is 5.69 Å². The summed E-state index contributed by atoms with van der Waals surface area (Å²) in [5.74, 6) is -0.101. The van der Waals surface area contributed by atoms with E-state index in [4.69, 9.17) is 0 Å². The molecular weight excluding hydrogens is 382 g/mol. The van der Waals surface area contributed by atoms with Gasteiger partial charge in [-0.3, -0.25) is 4.79 Å². The van der Waals surface area contributed by atoms with Gasteiger partial charge in [-0.05, 0) is 36.2 Å². The van der Waals surface area contributed by atoms with Crippen LogP contribution in [-0.2, 0) is 6.42 Å². The highest BCUT2D eigenvalue weighted by Gasteiger charge is 2.10. The Kier molecular flexibility index (Phi) is 5.38. The number of carbonyl (C=O) groups excluding carboxylic acids is 1. The molecule has 1 N–H and O–H groups in total. The van der Waals surface area contributed by atoms with Crippen LogP contribution in [0.5, 0.6) is 0 Å². The third-order valence-electron chi connectivity index (χ3n) is 2.91. The lowest BCUT2D eigenvalue weighted by Gasteiger charge is -2.11. The number of nitrogens with one attached hydrogen (secondary N) is 1. The van der Waals surface area contributed by atoms with E-state index < -0.39 is 0 Å². The van der Waals surface area contributed by atoms with Crippen LogP contribution in [0.15, 0.2) is 51.4 Å².